The first-order chi connectivity index (χ1) is 14.5. The highest BCUT2D eigenvalue weighted by Gasteiger charge is 2.49. The molecule has 1 unspecified atom stereocenters. The van der Waals surface area contributed by atoms with E-state index in [4.69, 9.17) is 9.26 Å². The van der Waals surface area contributed by atoms with Crippen molar-refractivity contribution in [2.75, 3.05) is 36.5 Å². The maximum absolute atomic E-state index is 12.5. The van der Waals surface area contributed by atoms with Gasteiger partial charge in [0.15, 0.2) is 5.82 Å². The van der Waals surface area contributed by atoms with E-state index < -0.39 is 30.6 Å². The van der Waals surface area contributed by atoms with Gasteiger partial charge in [-0.05, 0) is 42.8 Å². The Kier molecular flexibility index (Phi) is 5.17. The van der Waals surface area contributed by atoms with E-state index in [2.05, 4.69) is 15.6 Å². The molecule has 1 saturated heterocycles. The van der Waals surface area contributed by atoms with Gasteiger partial charge in [0.1, 0.15) is 11.5 Å². The number of aryl methyl sites for hydroxylation is 1. The second kappa shape index (κ2) is 7.93. The number of nitrogens with one attached hydrogen (secondary N) is 1. The highest BCUT2D eigenvalue weighted by Crippen LogP contribution is 2.28. The number of azo groups is 2. The number of carbonyl (C=O) groups is 3. The minimum absolute atomic E-state index is 0.229. The fraction of sp³-hybridized carbons (Fsp3) is 0.368. The van der Waals surface area contributed by atoms with Crippen LogP contribution in [-0.4, -0.2) is 65.0 Å². The van der Waals surface area contributed by atoms with Crippen molar-refractivity contribution in [1.82, 2.24) is 10.1 Å². The van der Waals surface area contributed by atoms with Gasteiger partial charge in [-0.15, -0.1) is 0 Å². The number of fused-ring (bicyclic) bond motifs is 1. The summed E-state index contributed by atoms with van der Waals surface area (Å²) < 4.78 is 11.3. The summed E-state index contributed by atoms with van der Waals surface area (Å²) in [5.41, 5.74) is 0.833. The van der Waals surface area contributed by atoms with Crippen LogP contribution >= 0.6 is 0 Å². The largest absolute Gasteiger partial charge is 0.502 e. The summed E-state index contributed by atoms with van der Waals surface area (Å²) in [6.45, 7) is 4.64. The molecule has 3 heterocycles. The Morgan fingerprint density at radius 1 is 1.27 bits per heavy atom. The Balaban J connectivity index is 1.53. The number of anilines is 2. The Bertz CT molecular complexity index is 1010. The van der Waals surface area contributed by atoms with Crippen LogP contribution < -0.4 is 15.0 Å². The predicted molar refractivity (Wildman–Crippen MR) is 103 cm³/mol. The maximum atomic E-state index is 12.5. The van der Waals surface area contributed by atoms with Crippen LogP contribution in [0.25, 0.3) is 0 Å². The third-order valence-electron chi connectivity index (χ3n) is 4.73. The van der Waals surface area contributed by atoms with Crippen molar-refractivity contribution in [3.8, 4) is 5.75 Å². The van der Waals surface area contributed by atoms with Gasteiger partial charge in [-0.1, -0.05) is 5.16 Å². The standard InChI is InChI=1S/C19H20N6O5/c1-3-29-14-6-4-13(5-7-14)23-8-9-24-17(27)18(28)25(21-19(23)24)11-16(26)20-15-10-12(2)30-22-15/h4-7,10,19H,3,8-9,11H2,1-2H3/p+1. The van der Waals surface area contributed by atoms with Gasteiger partial charge in [-0.3, -0.25) is 14.5 Å². The predicted octanol–water partition coefficient (Wildman–Crippen LogP) is 0.958. The van der Waals surface area contributed by atoms with Gasteiger partial charge in [0, 0.05) is 30.0 Å². The lowest BCUT2D eigenvalue weighted by molar-refractivity contribution is -0.509. The lowest BCUT2D eigenvalue weighted by Gasteiger charge is -2.27. The van der Waals surface area contributed by atoms with Gasteiger partial charge in [0.05, 0.1) is 6.61 Å². The summed E-state index contributed by atoms with van der Waals surface area (Å²) in [4.78, 5) is 40.5. The number of ether oxygens (including phenoxy) is 1. The molecule has 156 valence electrons. The smallest absolute Gasteiger partial charge is 0.494 e. The van der Waals surface area contributed by atoms with E-state index in [0.29, 0.717) is 25.5 Å². The monoisotopic (exact) mass is 413 g/mol. The van der Waals surface area contributed by atoms with Crippen molar-refractivity contribution in [2.24, 2.45) is 5.11 Å². The number of aromatic nitrogens is 1. The minimum atomic E-state index is -0.841. The van der Waals surface area contributed by atoms with Crippen LogP contribution in [0, 0.1) is 6.92 Å². The first kappa shape index (κ1) is 19.6. The number of hydrogen-bond acceptors (Lipinski definition) is 8. The summed E-state index contributed by atoms with van der Waals surface area (Å²) in [5, 5.41) is 10.5. The normalized spacial score (nSPS) is 18.3. The number of amides is 3. The summed E-state index contributed by atoms with van der Waals surface area (Å²) in [6, 6.07) is 8.96. The Morgan fingerprint density at radius 2 is 2.00 bits per heavy atom. The molecule has 0 saturated carbocycles. The van der Waals surface area contributed by atoms with Gasteiger partial charge in [-0.25, -0.2) is 4.79 Å². The topological polar surface area (TPSA) is 120 Å². The zero-order chi connectivity index (χ0) is 21.3. The van der Waals surface area contributed by atoms with E-state index in [-0.39, 0.29) is 5.82 Å². The van der Waals surface area contributed by atoms with E-state index in [9.17, 15) is 14.4 Å². The average molecular weight is 413 g/mol. The first-order valence-electron chi connectivity index (χ1n) is 9.52. The molecule has 2 aliphatic rings. The van der Waals surface area contributed by atoms with Crippen LogP contribution in [0.15, 0.2) is 40.0 Å². The van der Waals surface area contributed by atoms with Crippen molar-refractivity contribution in [1.29, 1.82) is 0 Å². The highest BCUT2D eigenvalue weighted by atomic mass is 16.5. The van der Waals surface area contributed by atoms with E-state index >= 15 is 0 Å². The zero-order valence-electron chi connectivity index (χ0n) is 16.6. The fourth-order valence-corrected chi connectivity index (χ4v) is 3.38. The van der Waals surface area contributed by atoms with Crippen LogP contribution in [0.3, 0.4) is 0 Å². The molecular formula is C19H21N6O5+. The van der Waals surface area contributed by atoms with Gasteiger partial charge < -0.3 is 19.5 Å². The summed E-state index contributed by atoms with van der Waals surface area (Å²) in [7, 11) is 0. The van der Waals surface area contributed by atoms with Crippen LogP contribution in [0.1, 0.15) is 12.7 Å². The van der Waals surface area contributed by atoms with Crippen LogP contribution in [-0.2, 0) is 14.4 Å². The van der Waals surface area contributed by atoms with E-state index in [1.54, 1.807) is 13.0 Å². The molecule has 11 heteroatoms. The van der Waals surface area contributed by atoms with Gasteiger partial charge in [0.25, 0.3) is 18.7 Å². The molecule has 1 N–H and O–H groups in total. The molecule has 2 aromatic rings. The number of hydrogen-bond donors (Lipinski definition) is 1. The van der Waals surface area contributed by atoms with Crippen molar-refractivity contribution in [3.63, 3.8) is 0 Å². The Hall–Kier alpha value is -3.76. The lowest BCUT2D eigenvalue weighted by Crippen LogP contribution is -2.52. The molecule has 30 heavy (non-hydrogen) atoms. The van der Waals surface area contributed by atoms with E-state index in [0.717, 1.165) is 16.1 Å². The summed E-state index contributed by atoms with van der Waals surface area (Å²) in [5.74, 6) is -0.559. The van der Waals surface area contributed by atoms with Crippen molar-refractivity contribution < 1.29 is 28.3 Å². The third kappa shape index (κ3) is 3.73. The quantitative estimate of drug-likeness (QED) is 0.553. The molecule has 1 fully saturated rings. The van der Waals surface area contributed by atoms with Crippen LogP contribution in [0.5, 0.6) is 5.75 Å². The Morgan fingerprint density at radius 3 is 2.67 bits per heavy atom. The van der Waals surface area contributed by atoms with Crippen LogP contribution in [0.4, 0.5) is 11.5 Å². The van der Waals surface area contributed by atoms with Crippen LogP contribution in [0.2, 0.25) is 0 Å². The molecule has 0 bridgehead atoms. The van der Waals surface area contributed by atoms with E-state index in [1.807, 2.05) is 36.1 Å². The fourth-order valence-electron chi connectivity index (χ4n) is 3.38. The second-order valence-corrected chi connectivity index (χ2v) is 6.81. The zero-order valence-corrected chi connectivity index (χ0v) is 16.6. The Labute approximate surface area is 171 Å². The number of rotatable bonds is 6. The molecule has 1 aromatic carbocycles. The molecule has 0 aliphatic carbocycles. The van der Waals surface area contributed by atoms with Crippen molar-refractivity contribution in [2.45, 2.75) is 20.1 Å². The highest BCUT2D eigenvalue weighted by molar-refractivity contribution is 6.32. The number of carbonyl (C=O) groups excluding carboxylic acids is 3. The molecule has 2 aliphatic heterocycles. The van der Waals surface area contributed by atoms with E-state index in [1.165, 1.54) is 4.90 Å². The van der Waals surface area contributed by atoms with Crippen molar-refractivity contribution in [3.05, 3.63) is 36.1 Å². The minimum Gasteiger partial charge on any atom is -0.494 e. The average Bonchev–Trinajstić information content (AvgIpc) is 3.33. The van der Waals surface area contributed by atoms with Gasteiger partial charge >= 0.3 is 11.8 Å². The molecular weight excluding hydrogens is 392 g/mol. The molecule has 3 amide bonds. The molecule has 0 spiro atoms. The van der Waals surface area contributed by atoms with Crippen molar-refractivity contribution >= 4 is 29.2 Å². The maximum Gasteiger partial charge on any atom is 0.502 e. The lowest BCUT2D eigenvalue weighted by atomic mass is 10.3. The summed E-state index contributed by atoms with van der Waals surface area (Å²) >= 11 is 0. The molecule has 4 rings (SSSR count). The molecule has 11 nitrogen and oxygen atoms in total. The number of benzene rings is 1. The third-order valence-corrected chi connectivity index (χ3v) is 4.73. The van der Waals surface area contributed by atoms with Gasteiger partial charge in [-0.2, -0.15) is 0 Å². The molecule has 1 aromatic heterocycles. The summed E-state index contributed by atoms with van der Waals surface area (Å²) in [6.07, 6.45) is -0.699. The number of nitrogens with zero attached hydrogens (tertiary/aromatic N) is 5. The molecule has 1 atom stereocenters. The first-order valence-corrected chi connectivity index (χ1v) is 9.52. The SMILES string of the molecule is CCOc1ccc(N2CCN3C(=O)C(=O)[N+](CC(=O)Nc4cc(C)on4)=NC32)cc1. The second-order valence-electron chi connectivity index (χ2n) is 6.81. The van der Waals surface area contributed by atoms with Gasteiger partial charge in [0.2, 0.25) is 0 Å². The molecule has 0 radical (unpaired) electrons.